The molecule has 0 bridgehead atoms. The summed E-state index contributed by atoms with van der Waals surface area (Å²) in [4.78, 5) is 10.7. The van der Waals surface area contributed by atoms with E-state index in [1.54, 1.807) is 12.1 Å². The van der Waals surface area contributed by atoms with Gasteiger partial charge in [-0.25, -0.2) is 0 Å². The second-order valence-corrected chi connectivity index (χ2v) is 4.45. The first-order valence-electron chi connectivity index (χ1n) is 6.68. The molecule has 8 nitrogen and oxygen atoms in total. The van der Waals surface area contributed by atoms with Crippen molar-refractivity contribution in [3.8, 4) is 11.5 Å². The van der Waals surface area contributed by atoms with E-state index in [-0.39, 0.29) is 11.5 Å². The maximum Gasteiger partial charge on any atom is 0.298 e. The molecule has 0 amide bonds. The van der Waals surface area contributed by atoms with Gasteiger partial charge in [0.25, 0.3) is 6.45 Å². The third kappa shape index (κ3) is 3.31. The third-order valence-corrected chi connectivity index (χ3v) is 3.09. The van der Waals surface area contributed by atoms with Crippen molar-refractivity contribution in [3.63, 3.8) is 0 Å². The number of carbonyl (C=O) groups excluding carboxylic acids is 1. The summed E-state index contributed by atoms with van der Waals surface area (Å²) in [6.45, 7) is -0.589. The first kappa shape index (κ1) is 14.2. The van der Waals surface area contributed by atoms with Crippen LogP contribution in [0, 0.1) is 0 Å². The molecule has 1 saturated heterocycles. The smallest absolute Gasteiger partial charge is 0.298 e. The molecular weight excluding hydrogens is 284 g/mol. The number of aliphatic hydroxyl groups is 4. The summed E-state index contributed by atoms with van der Waals surface area (Å²) in [5, 5.41) is 38.3. The maximum atomic E-state index is 10.7. The molecule has 1 aromatic carbocycles. The summed E-state index contributed by atoms with van der Waals surface area (Å²) in [6.07, 6.45) is -8.49. The molecule has 1 fully saturated rings. The van der Waals surface area contributed by atoms with Crippen LogP contribution in [0.3, 0.4) is 0 Å². The van der Waals surface area contributed by atoms with Crippen LogP contribution in [0.15, 0.2) is 24.3 Å². The third-order valence-electron chi connectivity index (χ3n) is 3.09. The van der Waals surface area contributed by atoms with Gasteiger partial charge >= 0.3 is 0 Å². The molecule has 1 aromatic rings. The van der Waals surface area contributed by atoms with Crippen molar-refractivity contribution in [1.82, 2.24) is 0 Å². The van der Waals surface area contributed by atoms with E-state index in [0.717, 1.165) is 0 Å². The lowest BCUT2D eigenvalue weighted by Gasteiger charge is -2.39. The zero-order valence-electron chi connectivity index (χ0n) is 11.8. The van der Waals surface area contributed by atoms with E-state index in [4.69, 9.17) is 16.0 Å². The van der Waals surface area contributed by atoms with E-state index < -0.39 is 43.8 Å². The SMILES string of the molecule is [2H]C(=O)Oc1ccccc1O[C@H]1O[C@H](CO)[C@@H](O)[C@H](O)[C@@H]1O. The molecule has 21 heavy (non-hydrogen) atoms. The second-order valence-electron chi connectivity index (χ2n) is 4.45. The van der Waals surface area contributed by atoms with Crippen LogP contribution in [0.25, 0.3) is 0 Å². The average molecular weight is 301 g/mol. The molecule has 1 aliphatic rings. The lowest BCUT2D eigenvalue weighted by atomic mass is 9.99. The quantitative estimate of drug-likeness (QED) is 0.490. The predicted molar refractivity (Wildman–Crippen MR) is 67.5 cm³/mol. The minimum absolute atomic E-state index is 0.00701. The van der Waals surface area contributed by atoms with Gasteiger partial charge in [0, 0.05) is 0 Å². The monoisotopic (exact) mass is 301 g/mol. The Morgan fingerprint density at radius 2 is 1.86 bits per heavy atom. The molecule has 1 aliphatic heterocycles. The fraction of sp³-hybridized carbons (Fsp3) is 0.462. The fourth-order valence-electron chi connectivity index (χ4n) is 1.97. The average Bonchev–Trinajstić information content (AvgIpc) is 2.49. The number of aliphatic hydroxyl groups excluding tert-OH is 4. The Hall–Kier alpha value is -1.71. The minimum Gasteiger partial charge on any atom is -0.458 e. The molecular formula is C13H16O8. The van der Waals surface area contributed by atoms with E-state index in [1.807, 2.05) is 0 Å². The van der Waals surface area contributed by atoms with Crippen LogP contribution in [0.4, 0.5) is 0 Å². The zero-order valence-corrected chi connectivity index (χ0v) is 10.8. The predicted octanol–water partition coefficient (Wildman–Crippen LogP) is -1.60. The Balaban J connectivity index is 2.17. The Bertz CT molecular complexity index is 523. The largest absolute Gasteiger partial charge is 0.458 e. The van der Waals surface area contributed by atoms with Crippen molar-refractivity contribution < 1.29 is 40.8 Å². The fourth-order valence-corrected chi connectivity index (χ4v) is 1.97. The Kier molecular flexibility index (Phi) is 4.63. The highest BCUT2D eigenvalue weighted by atomic mass is 16.7. The van der Waals surface area contributed by atoms with Gasteiger partial charge in [-0.05, 0) is 12.1 Å². The Labute approximate surface area is 121 Å². The van der Waals surface area contributed by atoms with Gasteiger partial charge in [0.05, 0.1) is 6.61 Å². The first-order valence-corrected chi connectivity index (χ1v) is 6.18. The van der Waals surface area contributed by atoms with Crippen LogP contribution in [0.1, 0.15) is 1.37 Å². The van der Waals surface area contributed by atoms with Crippen LogP contribution in [0.2, 0.25) is 0 Å². The van der Waals surface area contributed by atoms with E-state index in [0.29, 0.717) is 0 Å². The van der Waals surface area contributed by atoms with E-state index in [1.165, 1.54) is 12.1 Å². The summed E-state index contributed by atoms with van der Waals surface area (Å²) >= 11 is 0. The summed E-state index contributed by atoms with van der Waals surface area (Å²) in [6, 6.07) is 5.87. The molecule has 0 saturated carbocycles. The number of para-hydroxylation sites is 2. The van der Waals surface area contributed by atoms with Crippen molar-refractivity contribution in [2.75, 3.05) is 6.61 Å². The van der Waals surface area contributed by atoms with Gasteiger partial charge in [-0.1, -0.05) is 12.1 Å². The van der Waals surface area contributed by atoms with Crippen molar-refractivity contribution in [1.29, 1.82) is 0 Å². The van der Waals surface area contributed by atoms with Crippen molar-refractivity contribution in [2.24, 2.45) is 0 Å². The number of benzene rings is 1. The minimum atomic E-state index is -1.59. The number of hydrogen-bond acceptors (Lipinski definition) is 8. The number of hydrogen-bond donors (Lipinski definition) is 4. The Morgan fingerprint density at radius 1 is 1.19 bits per heavy atom. The first-order chi connectivity index (χ1) is 10.4. The zero-order chi connectivity index (χ0) is 16.3. The Morgan fingerprint density at radius 3 is 2.48 bits per heavy atom. The van der Waals surface area contributed by atoms with Crippen molar-refractivity contribution in [2.45, 2.75) is 30.7 Å². The number of carbonyl (C=O) groups is 1. The lowest BCUT2D eigenvalue weighted by Crippen LogP contribution is -2.60. The topological polar surface area (TPSA) is 126 Å². The summed E-state index contributed by atoms with van der Waals surface area (Å²) in [5.74, 6) is -0.0770. The van der Waals surface area contributed by atoms with Crippen LogP contribution in [0.5, 0.6) is 11.5 Å². The second kappa shape index (κ2) is 6.83. The van der Waals surface area contributed by atoms with E-state index >= 15 is 0 Å². The standard InChI is InChI=1S/C13H16O8/c14-5-9-10(16)11(17)12(18)13(21-9)20-8-4-2-1-3-7(8)19-6-15/h1-4,6,9-14,16-18H,5H2/t9-,10-,11+,12+,13+/m1/s1/i6D. The molecule has 4 N–H and O–H groups in total. The molecule has 0 spiro atoms. The summed E-state index contributed by atoms with van der Waals surface area (Å²) in [7, 11) is 0. The molecule has 116 valence electrons. The van der Waals surface area contributed by atoms with Gasteiger partial charge < -0.3 is 34.6 Å². The lowest BCUT2D eigenvalue weighted by molar-refractivity contribution is -0.277. The summed E-state index contributed by atoms with van der Waals surface area (Å²) in [5.41, 5.74) is 0. The molecule has 0 unspecified atom stereocenters. The summed E-state index contributed by atoms with van der Waals surface area (Å²) < 4.78 is 21.9. The van der Waals surface area contributed by atoms with Gasteiger partial charge in [0.2, 0.25) is 6.29 Å². The van der Waals surface area contributed by atoms with E-state index in [2.05, 4.69) is 4.74 Å². The van der Waals surface area contributed by atoms with Gasteiger partial charge in [-0.2, -0.15) is 0 Å². The van der Waals surface area contributed by atoms with Crippen LogP contribution >= 0.6 is 0 Å². The normalized spacial score (nSPS) is 33.1. The highest BCUT2D eigenvalue weighted by Crippen LogP contribution is 2.30. The highest BCUT2D eigenvalue weighted by Gasteiger charge is 2.44. The van der Waals surface area contributed by atoms with Crippen LogP contribution in [-0.2, 0) is 9.53 Å². The molecule has 1 heterocycles. The molecule has 0 aliphatic carbocycles. The molecule has 2 rings (SSSR count). The molecule has 0 radical (unpaired) electrons. The molecule has 5 atom stereocenters. The van der Waals surface area contributed by atoms with Crippen molar-refractivity contribution in [3.05, 3.63) is 24.3 Å². The molecule has 8 heteroatoms. The number of rotatable bonds is 4. The van der Waals surface area contributed by atoms with Gasteiger partial charge in [-0.3, -0.25) is 4.79 Å². The van der Waals surface area contributed by atoms with Crippen molar-refractivity contribution >= 4 is 6.45 Å². The van der Waals surface area contributed by atoms with Crippen LogP contribution < -0.4 is 9.47 Å². The maximum absolute atomic E-state index is 10.7. The van der Waals surface area contributed by atoms with Gasteiger partial charge in [0.1, 0.15) is 24.4 Å². The van der Waals surface area contributed by atoms with Gasteiger partial charge in [0.15, 0.2) is 12.9 Å². The van der Waals surface area contributed by atoms with E-state index in [9.17, 15) is 20.1 Å². The van der Waals surface area contributed by atoms with Crippen LogP contribution in [-0.4, -0.2) is 64.2 Å². The molecule has 0 aromatic heterocycles. The van der Waals surface area contributed by atoms with Gasteiger partial charge in [-0.15, -0.1) is 0 Å². The highest BCUT2D eigenvalue weighted by molar-refractivity contribution is 5.50. The number of ether oxygens (including phenoxy) is 3.